The number of halogens is 2. The van der Waals surface area contributed by atoms with Gasteiger partial charge < -0.3 is 14.8 Å². The minimum absolute atomic E-state index is 0.219. The molecule has 2 aromatic carbocycles. The van der Waals surface area contributed by atoms with Crippen molar-refractivity contribution in [3.8, 4) is 5.75 Å². The highest BCUT2D eigenvalue weighted by Gasteiger charge is 2.36. The molecule has 0 saturated carbocycles. The number of esters is 1. The van der Waals surface area contributed by atoms with Gasteiger partial charge in [0.1, 0.15) is 18.4 Å². The number of benzene rings is 2. The molecule has 1 aliphatic heterocycles. The summed E-state index contributed by atoms with van der Waals surface area (Å²) < 4.78 is 12.6. The van der Waals surface area contributed by atoms with Crippen LogP contribution in [-0.2, 0) is 16.1 Å². The second-order valence-electron chi connectivity index (χ2n) is 6.57. The molecule has 0 fully saturated rings. The number of allylic oxidation sites excluding steroid dienone is 1. The number of nitrogens with zero attached hydrogens (tertiary/aromatic N) is 4. The summed E-state index contributed by atoms with van der Waals surface area (Å²) >= 11 is 12.2. The van der Waals surface area contributed by atoms with Crippen LogP contribution in [0.15, 0.2) is 53.7 Å². The van der Waals surface area contributed by atoms with E-state index >= 15 is 0 Å². The number of carbonyl (C=O) groups is 1. The van der Waals surface area contributed by atoms with Crippen molar-refractivity contribution in [2.24, 2.45) is 0 Å². The fraction of sp³-hybridized carbons (Fsp3) is 0.200. The molecule has 0 saturated heterocycles. The van der Waals surface area contributed by atoms with Crippen LogP contribution in [0.4, 0.5) is 5.95 Å². The number of rotatable bonds is 5. The Morgan fingerprint density at radius 1 is 1.23 bits per heavy atom. The zero-order valence-electron chi connectivity index (χ0n) is 16.1. The lowest BCUT2D eigenvalue weighted by molar-refractivity contribution is -0.136. The van der Waals surface area contributed by atoms with Gasteiger partial charge in [0.05, 0.1) is 12.7 Å². The average molecular weight is 446 g/mol. The van der Waals surface area contributed by atoms with E-state index in [1.165, 1.54) is 11.8 Å². The van der Waals surface area contributed by atoms with E-state index in [1.807, 2.05) is 24.3 Å². The maximum atomic E-state index is 12.6. The van der Waals surface area contributed by atoms with Crippen molar-refractivity contribution in [1.29, 1.82) is 0 Å². The molecule has 2 heterocycles. The molecule has 30 heavy (non-hydrogen) atoms. The highest BCUT2D eigenvalue weighted by Crippen LogP contribution is 2.39. The van der Waals surface area contributed by atoms with Gasteiger partial charge in [-0.2, -0.15) is 4.68 Å². The molecule has 1 aromatic heterocycles. The van der Waals surface area contributed by atoms with E-state index in [4.69, 9.17) is 32.7 Å². The summed E-state index contributed by atoms with van der Waals surface area (Å²) in [4.78, 5) is 12.6. The minimum Gasteiger partial charge on any atom is -0.488 e. The van der Waals surface area contributed by atoms with Crippen LogP contribution in [0.3, 0.4) is 0 Å². The predicted octanol–water partition coefficient (Wildman–Crippen LogP) is 4.02. The molecular weight excluding hydrogens is 429 g/mol. The summed E-state index contributed by atoms with van der Waals surface area (Å²) in [7, 11) is 1.33. The number of methoxy groups -OCH3 is 1. The van der Waals surface area contributed by atoms with Gasteiger partial charge in [0.2, 0.25) is 5.95 Å². The normalized spacial score (nSPS) is 15.4. The SMILES string of the molecule is COC(=O)C1=C(C)Nc2nnnn2C1c1ccccc1OCc1ccc(Cl)cc1Cl. The van der Waals surface area contributed by atoms with Crippen LogP contribution >= 0.6 is 23.2 Å². The van der Waals surface area contributed by atoms with Crippen LogP contribution < -0.4 is 10.1 Å². The first-order valence-electron chi connectivity index (χ1n) is 8.99. The number of tetrazole rings is 1. The van der Waals surface area contributed by atoms with E-state index < -0.39 is 12.0 Å². The van der Waals surface area contributed by atoms with Crippen LogP contribution in [0.25, 0.3) is 0 Å². The number of hydrogen-bond acceptors (Lipinski definition) is 7. The van der Waals surface area contributed by atoms with Crippen molar-refractivity contribution in [3.63, 3.8) is 0 Å². The summed E-state index contributed by atoms with van der Waals surface area (Å²) in [6, 6.07) is 12.0. The van der Waals surface area contributed by atoms with Gasteiger partial charge in [-0.3, -0.25) is 0 Å². The lowest BCUT2D eigenvalue weighted by atomic mass is 9.95. The van der Waals surface area contributed by atoms with Crippen LogP contribution in [0, 0.1) is 0 Å². The Hall–Kier alpha value is -3.10. The second kappa shape index (κ2) is 8.33. The standard InChI is InChI=1S/C20H17Cl2N5O3/c1-11-17(19(28)29-2)18(27-20(23-11)24-25-26-27)14-5-3-4-6-16(14)30-10-12-7-8-13(21)9-15(12)22/h3-9,18H,10H2,1-2H3,(H,23,24,26). The highest BCUT2D eigenvalue weighted by molar-refractivity contribution is 6.35. The maximum Gasteiger partial charge on any atom is 0.338 e. The molecule has 0 aliphatic carbocycles. The zero-order chi connectivity index (χ0) is 21.3. The number of para-hydroxylation sites is 1. The van der Waals surface area contributed by atoms with Gasteiger partial charge >= 0.3 is 5.97 Å². The monoisotopic (exact) mass is 445 g/mol. The Kier molecular flexibility index (Phi) is 5.61. The van der Waals surface area contributed by atoms with Crippen LogP contribution in [0.1, 0.15) is 24.1 Å². The van der Waals surface area contributed by atoms with Gasteiger partial charge in [0.25, 0.3) is 0 Å². The van der Waals surface area contributed by atoms with Gasteiger partial charge in [-0.05, 0) is 35.5 Å². The Bertz CT molecular complexity index is 1140. The number of ether oxygens (including phenoxy) is 2. The molecule has 0 radical (unpaired) electrons. The van der Waals surface area contributed by atoms with Gasteiger partial charge in [-0.1, -0.05) is 52.6 Å². The van der Waals surface area contributed by atoms with Crippen LogP contribution in [0.5, 0.6) is 5.75 Å². The number of carbonyl (C=O) groups excluding carboxylic acids is 1. The van der Waals surface area contributed by atoms with Crippen molar-refractivity contribution in [2.45, 2.75) is 19.6 Å². The Balaban J connectivity index is 1.74. The number of aromatic nitrogens is 4. The summed E-state index contributed by atoms with van der Waals surface area (Å²) in [5.74, 6) is 0.494. The number of anilines is 1. The van der Waals surface area contributed by atoms with E-state index in [9.17, 15) is 4.79 Å². The molecule has 1 aliphatic rings. The molecule has 0 bridgehead atoms. The van der Waals surface area contributed by atoms with Crippen molar-refractivity contribution in [1.82, 2.24) is 20.2 Å². The largest absolute Gasteiger partial charge is 0.488 e. The Morgan fingerprint density at radius 2 is 2.03 bits per heavy atom. The third-order valence-electron chi connectivity index (χ3n) is 4.73. The van der Waals surface area contributed by atoms with E-state index in [0.29, 0.717) is 38.6 Å². The summed E-state index contributed by atoms with van der Waals surface area (Å²) in [6.07, 6.45) is 0. The van der Waals surface area contributed by atoms with Crippen LogP contribution in [0.2, 0.25) is 10.0 Å². The lowest BCUT2D eigenvalue weighted by Gasteiger charge is -2.28. The molecule has 3 aromatic rings. The Morgan fingerprint density at radius 3 is 2.80 bits per heavy atom. The first-order chi connectivity index (χ1) is 14.5. The first kappa shape index (κ1) is 20.2. The second-order valence-corrected chi connectivity index (χ2v) is 7.41. The maximum absolute atomic E-state index is 12.6. The Labute approximate surface area is 182 Å². The molecule has 1 atom stereocenters. The van der Waals surface area contributed by atoms with E-state index in [2.05, 4.69) is 20.8 Å². The lowest BCUT2D eigenvalue weighted by Crippen LogP contribution is -2.29. The molecule has 8 nitrogen and oxygen atoms in total. The van der Waals surface area contributed by atoms with Gasteiger partial charge in [-0.25, -0.2) is 4.79 Å². The van der Waals surface area contributed by atoms with Crippen molar-refractivity contribution >= 4 is 35.1 Å². The number of hydrogen-bond donors (Lipinski definition) is 1. The topological polar surface area (TPSA) is 91.2 Å². The first-order valence-corrected chi connectivity index (χ1v) is 9.74. The van der Waals surface area contributed by atoms with Crippen LogP contribution in [-0.4, -0.2) is 33.3 Å². The predicted molar refractivity (Wildman–Crippen MR) is 112 cm³/mol. The number of fused-ring (bicyclic) bond motifs is 1. The smallest absolute Gasteiger partial charge is 0.338 e. The molecule has 0 amide bonds. The molecule has 0 spiro atoms. The van der Waals surface area contributed by atoms with Crippen molar-refractivity contribution in [2.75, 3.05) is 12.4 Å². The van der Waals surface area contributed by atoms with E-state index in [1.54, 1.807) is 25.1 Å². The summed E-state index contributed by atoms with van der Waals surface area (Å²) in [5, 5.41) is 15.9. The molecule has 1 N–H and O–H groups in total. The fourth-order valence-corrected chi connectivity index (χ4v) is 3.77. The summed E-state index contributed by atoms with van der Waals surface area (Å²) in [5.41, 5.74) is 2.48. The van der Waals surface area contributed by atoms with Crippen molar-refractivity contribution in [3.05, 3.63) is 74.9 Å². The molecular formula is C20H17Cl2N5O3. The van der Waals surface area contributed by atoms with E-state index in [0.717, 1.165) is 5.56 Å². The van der Waals surface area contributed by atoms with Gasteiger partial charge in [0, 0.05) is 26.9 Å². The molecule has 154 valence electrons. The fourth-order valence-electron chi connectivity index (χ4n) is 3.31. The highest BCUT2D eigenvalue weighted by atomic mass is 35.5. The molecule has 4 rings (SSSR count). The average Bonchev–Trinajstić information content (AvgIpc) is 3.20. The van der Waals surface area contributed by atoms with Crippen molar-refractivity contribution < 1.29 is 14.3 Å². The summed E-state index contributed by atoms with van der Waals surface area (Å²) in [6.45, 7) is 1.99. The molecule has 1 unspecified atom stereocenters. The third kappa shape index (κ3) is 3.71. The van der Waals surface area contributed by atoms with Gasteiger partial charge in [0.15, 0.2) is 0 Å². The minimum atomic E-state index is -0.624. The van der Waals surface area contributed by atoms with E-state index in [-0.39, 0.29) is 6.61 Å². The quantitative estimate of drug-likeness (QED) is 0.592. The molecule has 10 heteroatoms. The number of nitrogens with one attached hydrogen (secondary N) is 1. The van der Waals surface area contributed by atoms with Gasteiger partial charge in [-0.15, -0.1) is 0 Å². The zero-order valence-corrected chi connectivity index (χ0v) is 17.6. The third-order valence-corrected chi connectivity index (χ3v) is 5.32.